The van der Waals surface area contributed by atoms with E-state index in [1.54, 1.807) is 0 Å². The summed E-state index contributed by atoms with van der Waals surface area (Å²) in [5.41, 5.74) is 5.37. The van der Waals surface area contributed by atoms with Crippen LogP contribution < -0.4 is 11.3 Å². The van der Waals surface area contributed by atoms with Gasteiger partial charge in [0.2, 0.25) is 5.95 Å². The maximum atomic E-state index is 11.8. The maximum absolute atomic E-state index is 11.8. The first-order valence-corrected chi connectivity index (χ1v) is 6.26. The Balaban J connectivity index is 2.13. The predicted molar refractivity (Wildman–Crippen MR) is 70.4 cm³/mol. The van der Waals surface area contributed by atoms with E-state index in [4.69, 9.17) is 15.2 Å². The molecular weight excluding hydrogens is 282 g/mol. The number of aliphatic hydroxyl groups excluding tert-OH is 2. The van der Waals surface area contributed by atoms with Crippen molar-refractivity contribution in [3.05, 3.63) is 16.7 Å². The quantitative estimate of drug-likeness (QED) is 0.506. The number of imidazole rings is 1. The molecule has 0 amide bonds. The van der Waals surface area contributed by atoms with Gasteiger partial charge in [-0.3, -0.25) is 9.78 Å². The molecule has 21 heavy (non-hydrogen) atoms. The van der Waals surface area contributed by atoms with Crippen LogP contribution in [0.5, 0.6) is 0 Å². The van der Waals surface area contributed by atoms with E-state index in [9.17, 15) is 15.0 Å². The van der Waals surface area contributed by atoms with Crippen LogP contribution in [0.2, 0.25) is 0 Å². The van der Waals surface area contributed by atoms with Gasteiger partial charge >= 0.3 is 0 Å². The largest absolute Gasteiger partial charge is 0.394 e. The van der Waals surface area contributed by atoms with Crippen molar-refractivity contribution in [2.75, 3.05) is 19.5 Å². The monoisotopic (exact) mass is 297 g/mol. The van der Waals surface area contributed by atoms with Crippen molar-refractivity contribution in [1.82, 2.24) is 19.5 Å². The summed E-state index contributed by atoms with van der Waals surface area (Å²) in [4.78, 5) is 22.1. The van der Waals surface area contributed by atoms with Crippen molar-refractivity contribution in [1.29, 1.82) is 0 Å². The van der Waals surface area contributed by atoms with Crippen molar-refractivity contribution in [2.24, 2.45) is 0 Å². The van der Waals surface area contributed by atoms with Crippen molar-refractivity contribution in [3.8, 4) is 0 Å². The van der Waals surface area contributed by atoms with E-state index < -0.39 is 30.1 Å². The van der Waals surface area contributed by atoms with Gasteiger partial charge in [-0.05, 0) is 0 Å². The van der Waals surface area contributed by atoms with Crippen LogP contribution in [0.3, 0.4) is 0 Å². The van der Waals surface area contributed by atoms with E-state index in [0.717, 1.165) is 0 Å². The third kappa shape index (κ3) is 2.08. The molecule has 0 spiro atoms. The number of nitrogens with two attached hydrogens (primary N) is 1. The highest BCUT2D eigenvalue weighted by molar-refractivity contribution is 5.70. The molecule has 0 radical (unpaired) electrons. The summed E-state index contributed by atoms with van der Waals surface area (Å²) in [5, 5.41) is 19.5. The first kappa shape index (κ1) is 13.9. The minimum absolute atomic E-state index is 0.0599. The van der Waals surface area contributed by atoms with Gasteiger partial charge in [-0.2, -0.15) is 4.98 Å². The van der Waals surface area contributed by atoms with E-state index in [0.29, 0.717) is 0 Å². The Bertz CT molecular complexity index is 711. The molecule has 2 aromatic heterocycles. The summed E-state index contributed by atoms with van der Waals surface area (Å²) >= 11 is 0. The zero-order valence-corrected chi connectivity index (χ0v) is 11.1. The molecule has 0 bridgehead atoms. The summed E-state index contributed by atoms with van der Waals surface area (Å²) in [6.45, 7) is -0.361. The number of hydrogen-bond acceptors (Lipinski definition) is 8. The lowest BCUT2D eigenvalue weighted by Crippen LogP contribution is -2.32. The second kappa shape index (κ2) is 5.07. The lowest BCUT2D eigenvalue weighted by atomic mass is 10.1. The second-order valence-electron chi connectivity index (χ2n) is 4.72. The number of aromatic amines is 1. The van der Waals surface area contributed by atoms with Crippen molar-refractivity contribution >= 4 is 17.1 Å². The molecule has 10 nitrogen and oxygen atoms in total. The molecule has 5 N–H and O–H groups in total. The number of anilines is 1. The van der Waals surface area contributed by atoms with Gasteiger partial charge in [0.1, 0.15) is 18.2 Å². The second-order valence-corrected chi connectivity index (χ2v) is 4.72. The van der Waals surface area contributed by atoms with E-state index in [-0.39, 0.29) is 23.7 Å². The molecule has 4 unspecified atom stereocenters. The van der Waals surface area contributed by atoms with Crippen molar-refractivity contribution in [2.45, 2.75) is 24.5 Å². The smallest absolute Gasteiger partial charge is 0.280 e. The lowest BCUT2D eigenvalue weighted by molar-refractivity contribution is -0.136. The number of nitrogens with zero attached hydrogens (tertiary/aromatic N) is 3. The van der Waals surface area contributed by atoms with Crippen LogP contribution in [0.25, 0.3) is 11.2 Å². The molecule has 2 aromatic rings. The number of H-pyrrole nitrogens is 1. The fourth-order valence-corrected chi connectivity index (χ4v) is 2.52. The Morgan fingerprint density at radius 1 is 1.62 bits per heavy atom. The van der Waals surface area contributed by atoms with Crippen LogP contribution in [0.4, 0.5) is 5.95 Å². The molecule has 3 rings (SSSR count). The number of aromatic nitrogens is 4. The minimum atomic E-state index is -1.04. The summed E-state index contributed by atoms with van der Waals surface area (Å²) in [5.74, 6) is -0.0599. The van der Waals surface area contributed by atoms with Gasteiger partial charge in [-0.25, -0.2) is 4.98 Å². The molecule has 0 aromatic carbocycles. The maximum Gasteiger partial charge on any atom is 0.280 e. The van der Waals surface area contributed by atoms with Gasteiger partial charge in [0.05, 0.1) is 12.9 Å². The average Bonchev–Trinajstić information content (AvgIpc) is 2.99. The molecule has 0 saturated carbocycles. The standard InChI is InChI=1S/C11H15N5O5/c1-20-10-6(7(18)4(2-17)21-10)16-3-13-5-8(16)14-11(12)15-9(5)19/h3-4,6-7,10,17-18H,2H2,1H3,(H3,12,14,15,19). The van der Waals surface area contributed by atoms with Gasteiger partial charge in [-0.1, -0.05) is 0 Å². The molecule has 0 aliphatic carbocycles. The molecule has 10 heteroatoms. The zero-order valence-electron chi connectivity index (χ0n) is 11.1. The molecule has 1 fully saturated rings. The molecule has 3 heterocycles. The number of ether oxygens (including phenoxy) is 2. The average molecular weight is 297 g/mol. The summed E-state index contributed by atoms with van der Waals surface area (Å²) < 4.78 is 12.0. The third-order valence-corrected chi connectivity index (χ3v) is 3.50. The van der Waals surface area contributed by atoms with Crippen LogP contribution in [0.15, 0.2) is 11.1 Å². The van der Waals surface area contributed by atoms with Gasteiger partial charge in [0, 0.05) is 7.11 Å². The van der Waals surface area contributed by atoms with Crippen molar-refractivity contribution < 1.29 is 19.7 Å². The Morgan fingerprint density at radius 3 is 3.05 bits per heavy atom. The highest BCUT2D eigenvalue weighted by Crippen LogP contribution is 2.33. The number of rotatable bonds is 3. The number of nitrogens with one attached hydrogen (secondary N) is 1. The number of fused-ring (bicyclic) bond motifs is 1. The van der Waals surface area contributed by atoms with Crippen LogP contribution in [-0.4, -0.2) is 61.9 Å². The van der Waals surface area contributed by atoms with Gasteiger partial charge in [0.15, 0.2) is 17.5 Å². The first-order valence-electron chi connectivity index (χ1n) is 6.26. The number of nitrogen functional groups attached to an aromatic ring is 1. The summed E-state index contributed by atoms with van der Waals surface area (Å²) in [7, 11) is 1.41. The molecule has 114 valence electrons. The minimum Gasteiger partial charge on any atom is -0.394 e. The third-order valence-electron chi connectivity index (χ3n) is 3.50. The summed E-state index contributed by atoms with van der Waals surface area (Å²) in [6.07, 6.45) is -1.29. The predicted octanol–water partition coefficient (Wildman–Crippen LogP) is -2.03. The number of methoxy groups -OCH3 is 1. The van der Waals surface area contributed by atoms with Crippen LogP contribution in [0.1, 0.15) is 6.04 Å². The van der Waals surface area contributed by atoms with Crippen LogP contribution >= 0.6 is 0 Å². The highest BCUT2D eigenvalue weighted by atomic mass is 16.7. The zero-order chi connectivity index (χ0) is 15.1. The Hall–Kier alpha value is -2.01. The normalized spacial score (nSPS) is 29.3. The Morgan fingerprint density at radius 2 is 2.38 bits per heavy atom. The first-order chi connectivity index (χ1) is 10.1. The van der Waals surface area contributed by atoms with E-state index in [1.807, 2.05) is 0 Å². The van der Waals surface area contributed by atoms with Gasteiger partial charge in [-0.15, -0.1) is 0 Å². The molecule has 1 saturated heterocycles. The molecule has 1 aliphatic rings. The fraction of sp³-hybridized carbons (Fsp3) is 0.545. The highest BCUT2D eigenvalue weighted by Gasteiger charge is 2.45. The molecule has 4 atom stereocenters. The van der Waals surface area contributed by atoms with Crippen LogP contribution in [0, 0.1) is 0 Å². The van der Waals surface area contributed by atoms with E-state index >= 15 is 0 Å². The molecular formula is C11H15N5O5. The fourth-order valence-electron chi connectivity index (χ4n) is 2.52. The molecule has 1 aliphatic heterocycles. The number of hydrogen-bond donors (Lipinski definition) is 4. The Labute approximate surface area is 118 Å². The van der Waals surface area contributed by atoms with Gasteiger partial charge < -0.3 is 30.0 Å². The van der Waals surface area contributed by atoms with Crippen molar-refractivity contribution in [3.63, 3.8) is 0 Å². The number of aliphatic hydroxyl groups is 2. The lowest BCUT2D eigenvalue weighted by Gasteiger charge is -2.20. The van der Waals surface area contributed by atoms with E-state index in [1.165, 1.54) is 18.0 Å². The topological polar surface area (TPSA) is 149 Å². The van der Waals surface area contributed by atoms with E-state index in [2.05, 4.69) is 15.0 Å². The van der Waals surface area contributed by atoms with Crippen LogP contribution in [-0.2, 0) is 9.47 Å². The SMILES string of the molecule is COC1OC(CO)C(O)C1n1cnc2c(=O)[nH]c(N)nc21. The summed E-state index contributed by atoms with van der Waals surface area (Å²) in [6, 6.07) is -0.703. The Kier molecular flexibility index (Phi) is 3.37. The van der Waals surface area contributed by atoms with Gasteiger partial charge in [0.25, 0.3) is 5.56 Å².